The Morgan fingerprint density at radius 2 is 1.63 bits per heavy atom. The van der Waals surface area contributed by atoms with Crippen molar-refractivity contribution in [2.75, 3.05) is 17.7 Å². The minimum atomic E-state index is -1.30. The number of benzene rings is 2. The summed E-state index contributed by atoms with van der Waals surface area (Å²) in [5, 5.41) is 5.56. The lowest BCUT2D eigenvalue weighted by Gasteiger charge is -2.24. The summed E-state index contributed by atoms with van der Waals surface area (Å²) in [4.78, 5) is 25.5. The van der Waals surface area contributed by atoms with E-state index in [1.165, 1.54) is 0 Å². The Hall–Kier alpha value is -3.02. The van der Waals surface area contributed by atoms with E-state index in [0.29, 0.717) is 22.9 Å². The maximum Gasteiger partial charge on any atom is 0.239 e. The number of carbonyl (C=O) groups is 2. The van der Waals surface area contributed by atoms with E-state index in [1.807, 2.05) is 19.9 Å². The van der Waals surface area contributed by atoms with Crippen molar-refractivity contribution in [3.63, 3.8) is 0 Å². The zero-order valence-corrected chi connectivity index (χ0v) is 16.3. The SMILES string of the molecule is COc1cccc(NC(=O)C(C)(C)C(=O)Nc2ccccc2OC(C)C)c1. The first-order valence-corrected chi connectivity index (χ1v) is 8.76. The van der Waals surface area contributed by atoms with Gasteiger partial charge >= 0.3 is 0 Å². The fourth-order valence-electron chi connectivity index (χ4n) is 2.30. The molecule has 2 rings (SSSR count). The molecule has 2 aromatic carbocycles. The van der Waals surface area contributed by atoms with Gasteiger partial charge in [-0.1, -0.05) is 18.2 Å². The molecule has 2 aromatic rings. The van der Waals surface area contributed by atoms with Crippen LogP contribution in [0.3, 0.4) is 0 Å². The van der Waals surface area contributed by atoms with Crippen LogP contribution in [0.5, 0.6) is 11.5 Å². The highest BCUT2D eigenvalue weighted by Crippen LogP contribution is 2.28. The summed E-state index contributed by atoms with van der Waals surface area (Å²) in [5.74, 6) is 0.331. The smallest absolute Gasteiger partial charge is 0.239 e. The van der Waals surface area contributed by atoms with Crippen molar-refractivity contribution in [2.45, 2.75) is 33.8 Å². The first-order chi connectivity index (χ1) is 12.7. The Bertz CT molecular complexity index is 815. The zero-order valence-electron chi connectivity index (χ0n) is 16.3. The minimum Gasteiger partial charge on any atom is -0.497 e. The molecule has 0 aliphatic rings. The number of carbonyl (C=O) groups excluding carboxylic acids is 2. The predicted molar refractivity (Wildman–Crippen MR) is 106 cm³/mol. The van der Waals surface area contributed by atoms with Crippen LogP contribution in [-0.4, -0.2) is 25.0 Å². The van der Waals surface area contributed by atoms with Gasteiger partial charge in [0.25, 0.3) is 0 Å². The van der Waals surface area contributed by atoms with Gasteiger partial charge in [0.05, 0.1) is 18.9 Å². The third-order valence-corrected chi connectivity index (χ3v) is 3.96. The molecule has 0 atom stereocenters. The first kappa shape index (κ1) is 20.3. The Balaban J connectivity index is 2.13. The number of amides is 2. The number of ether oxygens (including phenoxy) is 2. The summed E-state index contributed by atoms with van der Waals surface area (Å²) >= 11 is 0. The summed E-state index contributed by atoms with van der Waals surface area (Å²) in [6.07, 6.45) is -0.0348. The average Bonchev–Trinajstić information content (AvgIpc) is 2.63. The van der Waals surface area contributed by atoms with E-state index in [2.05, 4.69) is 10.6 Å². The van der Waals surface area contributed by atoms with Crippen LogP contribution in [0, 0.1) is 5.41 Å². The number of anilines is 2. The molecular weight excluding hydrogens is 344 g/mol. The maximum atomic E-state index is 12.8. The van der Waals surface area contributed by atoms with Crippen LogP contribution in [0.25, 0.3) is 0 Å². The second-order valence-corrected chi connectivity index (χ2v) is 6.93. The molecule has 0 unspecified atom stereocenters. The van der Waals surface area contributed by atoms with Gasteiger partial charge in [-0.2, -0.15) is 0 Å². The van der Waals surface area contributed by atoms with Gasteiger partial charge in [0, 0.05) is 11.8 Å². The van der Waals surface area contributed by atoms with E-state index in [9.17, 15) is 9.59 Å². The van der Waals surface area contributed by atoms with Crippen LogP contribution in [0.4, 0.5) is 11.4 Å². The molecule has 0 aliphatic heterocycles. The van der Waals surface area contributed by atoms with E-state index >= 15 is 0 Å². The van der Waals surface area contributed by atoms with Crippen LogP contribution in [0.15, 0.2) is 48.5 Å². The molecule has 27 heavy (non-hydrogen) atoms. The quantitative estimate of drug-likeness (QED) is 0.720. The van der Waals surface area contributed by atoms with Crippen molar-refractivity contribution >= 4 is 23.2 Å². The lowest BCUT2D eigenvalue weighted by atomic mass is 9.90. The third kappa shape index (κ3) is 5.23. The first-order valence-electron chi connectivity index (χ1n) is 8.76. The molecule has 6 nitrogen and oxygen atoms in total. The van der Waals surface area contributed by atoms with Crippen LogP contribution in [0.1, 0.15) is 27.7 Å². The number of rotatable bonds is 7. The van der Waals surface area contributed by atoms with Gasteiger partial charge in [-0.3, -0.25) is 9.59 Å². The second kappa shape index (κ2) is 8.58. The highest BCUT2D eigenvalue weighted by Gasteiger charge is 2.36. The molecule has 0 aliphatic carbocycles. The number of hydrogen-bond donors (Lipinski definition) is 2. The van der Waals surface area contributed by atoms with E-state index < -0.39 is 17.2 Å². The Kier molecular flexibility index (Phi) is 6.45. The van der Waals surface area contributed by atoms with Crippen molar-refractivity contribution < 1.29 is 19.1 Å². The van der Waals surface area contributed by atoms with E-state index in [4.69, 9.17) is 9.47 Å². The summed E-state index contributed by atoms with van der Waals surface area (Å²) in [7, 11) is 1.55. The van der Waals surface area contributed by atoms with Gasteiger partial charge in [0.1, 0.15) is 16.9 Å². The van der Waals surface area contributed by atoms with Crippen LogP contribution in [0.2, 0.25) is 0 Å². The molecule has 0 heterocycles. The Labute approximate surface area is 159 Å². The molecule has 0 spiro atoms. The molecule has 2 N–H and O–H groups in total. The molecule has 0 saturated heterocycles. The van der Waals surface area contributed by atoms with Crippen molar-refractivity contribution in [1.29, 1.82) is 0 Å². The van der Waals surface area contributed by atoms with Gasteiger partial charge in [-0.05, 0) is 52.0 Å². The maximum absolute atomic E-state index is 12.8. The van der Waals surface area contributed by atoms with Crippen molar-refractivity contribution in [3.05, 3.63) is 48.5 Å². The minimum absolute atomic E-state index is 0.0348. The number of methoxy groups -OCH3 is 1. The predicted octanol–water partition coefficient (Wildman–Crippen LogP) is 4.09. The van der Waals surface area contributed by atoms with Gasteiger partial charge in [-0.15, -0.1) is 0 Å². The molecule has 2 amide bonds. The standard InChI is InChI=1S/C21H26N2O4/c1-14(2)27-18-12-7-6-11-17(18)23-20(25)21(3,4)19(24)22-15-9-8-10-16(13-15)26-5/h6-14H,1-5H3,(H,22,24)(H,23,25). The van der Waals surface area contributed by atoms with Gasteiger partial charge in [0.15, 0.2) is 0 Å². The molecule has 0 aromatic heterocycles. The van der Waals surface area contributed by atoms with Crippen molar-refractivity contribution in [1.82, 2.24) is 0 Å². The molecule has 0 fully saturated rings. The second-order valence-electron chi connectivity index (χ2n) is 6.93. The van der Waals surface area contributed by atoms with E-state index in [1.54, 1.807) is 63.4 Å². The van der Waals surface area contributed by atoms with Gasteiger partial charge < -0.3 is 20.1 Å². The molecular formula is C21H26N2O4. The van der Waals surface area contributed by atoms with Crippen molar-refractivity contribution in [3.8, 4) is 11.5 Å². The van der Waals surface area contributed by atoms with E-state index in [-0.39, 0.29) is 6.10 Å². The molecule has 0 saturated carbocycles. The van der Waals surface area contributed by atoms with Crippen LogP contribution < -0.4 is 20.1 Å². The normalized spacial score (nSPS) is 11.0. The Morgan fingerprint density at radius 3 is 2.30 bits per heavy atom. The summed E-state index contributed by atoms with van der Waals surface area (Å²) < 4.78 is 10.9. The summed E-state index contributed by atoms with van der Waals surface area (Å²) in [5.41, 5.74) is -0.212. The highest BCUT2D eigenvalue weighted by atomic mass is 16.5. The highest BCUT2D eigenvalue weighted by molar-refractivity contribution is 6.14. The topological polar surface area (TPSA) is 76.7 Å². The van der Waals surface area contributed by atoms with Gasteiger partial charge in [0.2, 0.25) is 11.8 Å². The lowest BCUT2D eigenvalue weighted by Crippen LogP contribution is -2.41. The molecule has 0 radical (unpaired) electrons. The largest absolute Gasteiger partial charge is 0.497 e. The average molecular weight is 370 g/mol. The zero-order chi connectivity index (χ0) is 20.0. The fraction of sp³-hybridized carbons (Fsp3) is 0.333. The Morgan fingerprint density at radius 1 is 0.963 bits per heavy atom. The lowest BCUT2D eigenvalue weighted by molar-refractivity contribution is -0.135. The van der Waals surface area contributed by atoms with E-state index in [0.717, 1.165) is 0 Å². The molecule has 6 heteroatoms. The van der Waals surface area contributed by atoms with Crippen LogP contribution >= 0.6 is 0 Å². The fourth-order valence-corrected chi connectivity index (χ4v) is 2.30. The summed E-state index contributed by atoms with van der Waals surface area (Å²) in [6.45, 7) is 6.96. The van der Waals surface area contributed by atoms with Crippen LogP contribution in [-0.2, 0) is 9.59 Å². The van der Waals surface area contributed by atoms with Crippen molar-refractivity contribution in [2.24, 2.45) is 5.41 Å². The number of nitrogens with one attached hydrogen (secondary N) is 2. The van der Waals surface area contributed by atoms with Gasteiger partial charge in [-0.25, -0.2) is 0 Å². The summed E-state index contributed by atoms with van der Waals surface area (Å²) in [6, 6.07) is 14.1. The molecule has 0 bridgehead atoms. The number of para-hydroxylation sites is 2. The molecule has 144 valence electrons. The number of hydrogen-bond acceptors (Lipinski definition) is 4. The monoisotopic (exact) mass is 370 g/mol. The third-order valence-electron chi connectivity index (χ3n) is 3.96.